The molecule has 0 saturated carbocycles. The largest absolute Gasteiger partial charge is 0.507 e. The van der Waals surface area contributed by atoms with E-state index < -0.39 is 0 Å². The number of hydrogen-bond acceptors (Lipinski definition) is 8. The van der Waals surface area contributed by atoms with E-state index in [0.717, 1.165) is 190 Å². The number of non-ortho nitro benzene ring substituents is 2. The van der Waals surface area contributed by atoms with Crippen molar-refractivity contribution in [3.63, 3.8) is 0 Å². The molecule has 12 nitrogen and oxygen atoms in total. The van der Waals surface area contributed by atoms with E-state index in [1.165, 1.54) is 0 Å². The normalized spacial score (nSPS) is 12.4. The number of nitrogens with zero attached hydrogens (tertiary/aromatic N) is 4. The Morgan fingerprint density at radius 2 is 0.675 bits per heavy atom. The number of fused-ring (bicyclic) bond motifs is 14. The van der Waals surface area contributed by atoms with E-state index in [1.54, 1.807) is 24.3 Å². The Bertz CT molecular complexity index is 3540. The van der Waals surface area contributed by atoms with Gasteiger partial charge in [-0.1, -0.05) is 161 Å². The van der Waals surface area contributed by atoms with Crippen molar-refractivity contribution in [1.29, 1.82) is 0 Å². The van der Waals surface area contributed by atoms with Crippen LogP contribution in [-0.4, -0.2) is 42.4 Å². The van der Waals surface area contributed by atoms with Gasteiger partial charge in [0, 0.05) is 107 Å². The van der Waals surface area contributed by atoms with Crippen molar-refractivity contribution in [2.75, 3.05) is 13.2 Å². The summed E-state index contributed by atoms with van der Waals surface area (Å²) in [6, 6.07) is 51.1. The highest BCUT2D eigenvalue weighted by molar-refractivity contribution is 6.09. The molecule has 0 unspecified atom stereocenters. The summed E-state index contributed by atoms with van der Waals surface area (Å²) in [5.74, 6) is 2.17. The second-order valence-electron chi connectivity index (χ2n) is 21.6. The molecule has 0 aliphatic heterocycles. The predicted octanol–water partition coefficient (Wildman–Crippen LogP) is 16.6. The monoisotopic (exact) mass is 1070 g/mol. The molecule has 10 aromatic rings. The van der Waals surface area contributed by atoms with E-state index in [0.29, 0.717) is 38.9 Å². The zero-order chi connectivity index (χ0) is 55.0. The number of unbranched alkanes of at least 4 members (excludes halogenated alkanes) is 10. The number of benzene rings is 8. The number of aromatic nitrogens is 2. The fourth-order valence-corrected chi connectivity index (χ4v) is 12.2. The molecule has 80 heavy (non-hydrogen) atoms. The molecule has 8 aromatic carbocycles. The van der Waals surface area contributed by atoms with E-state index in [-0.39, 0.29) is 32.7 Å². The van der Waals surface area contributed by atoms with Gasteiger partial charge in [0.15, 0.2) is 0 Å². The lowest BCUT2D eigenvalue weighted by Crippen LogP contribution is -2.07. The third-order valence-electron chi connectivity index (χ3n) is 16.3. The average molecular weight is 1070 g/mol. The van der Waals surface area contributed by atoms with Gasteiger partial charge in [0.05, 0.1) is 23.1 Å². The van der Waals surface area contributed by atoms with Crippen LogP contribution in [0.4, 0.5) is 11.4 Å². The van der Waals surface area contributed by atoms with Crippen molar-refractivity contribution in [2.24, 2.45) is 0 Å². The van der Waals surface area contributed by atoms with Gasteiger partial charge in [-0.3, -0.25) is 20.2 Å². The minimum atomic E-state index is -0.329. The molecule has 408 valence electrons. The summed E-state index contributed by atoms with van der Waals surface area (Å²) in [4.78, 5) is 22.4. The lowest BCUT2D eigenvalue weighted by atomic mass is 9.91. The number of nitro groups is 2. The molecule has 2 aromatic heterocycles. The van der Waals surface area contributed by atoms with Crippen molar-refractivity contribution >= 4 is 55.0 Å². The van der Waals surface area contributed by atoms with Gasteiger partial charge in [0.25, 0.3) is 11.4 Å². The average Bonchev–Trinajstić information content (AvgIpc) is 3.96. The molecular weight excluding hydrogens is 1000 g/mol. The van der Waals surface area contributed by atoms with Crippen molar-refractivity contribution in [2.45, 2.75) is 116 Å². The van der Waals surface area contributed by atoms with Crippen LogP contribution in [0.5, 0.6) is 23.0 Å². The van der Waals surface area contributed by atoms with Gasteiger partial charge >= 0.3 is 0 Å². The van der Waals surface area contributed by atoms with Gasteiger partial charge in [-0.05, 0) is 94.5 Å². The Kier molecular flexibility index (Phi) is 16.4. The maximum atomic E-state index is 12.0. The lowest BCUT2D eigenvalue weighted by molar-refractivity contribution is -0.384. The highest BCUT2D eigenvalue weighted by atomic mass is 16.6. The van der Waals surface area contributed by atoms with Crippen LogP contribution in [-0.2, 0) is 38.8 Å². The Hall–Kier alpha value is -8.64. The molecule has 0 saturated heterocycles. The molecule has 0 fully saturated rings. The summed E-state index contributed by atoms with van der Waals surface area (Å²) in [7, 11) is 0. The third-order valence-corrected chi connectivity index (χ3v) is 16.3. The first-order chi connectivity index (χ1) is 39.2. The van der Waals surface area contributed by atoms with Gasteiger partial charge in [-0.2, -0.15) is 0 Å². The van der Waals surface area contributed by atoms with Crippen molar-refractivity contribution in [3.05, 3.63) is 222 Å². The van der Waals surface area contributed by atoms with Crippen LogP contribution in [0, 0.1) is 20.2 Å². The zero-order valence-corrected chi connectivity index (χ0v) is 45.3. The van der Waals surface area contributed by atoms with Gasteiger partial charge < -0.3 is 28.8 Å². The Labute approximate surface area is 466 Å². The van der Waals surface area contributed by atoms with Crippen LogP contribution in [0.2, 0.25) is 0 Å². The second kappa shape index (κ2) is 24.6. The fourth-order valence-electron chi connectivity index (χ4n) is 12.2. The lowest BCUT2D eigenvalue weighted by Gasteiger charge is -2.20. The number of para-hydroxylation sites is 6. The number of aryl methyl sites for hydroxylation is 2. The molecule has 8 bridgehead atoms. The highest BCUT2D eigenvalue weighted by Gasteiger charge is 2.22. The molecule has 2 N–H and O–H groups in total. The van der Waals surface area contributed by atoms with Crippen molar-refractivity contribution in [1.82, 2.24) is 9.13 Å². The number of nitro benzene ring substituents is 2. The molecular formula is C68H68N4O8. The van der Waals surface area contributed by atoms with E-state index >= 15 is 0 Å². The molecule has 1 aliphatic carbocycles. The summed E-state index contributed by atoms with van der Waals surface area (Å²) in [5, 5.41) is 51.0. The molecule has 2 heterocycles. The zero-order valence-electron chi connectivity index (χ0n) is 45.3. The summed E-state index contributed by atoms with van der Waals surface area (Å²) < 4.78 is 18.1. The minimum Gasteiger partial charge on any atom is -0.507 e. The Balaban J connectivity index is 0.708. The van der Waals surface area contributed by atoms with E-state index in [9.17, 15) is 30.4 Å². The van der Waals surface area contributed by atoms with Crippen molar-refractivity contribution < 1.29 is 29.5 Å². The van der Waals surface area contributed by atoms with Crippen LogP contribution in [0.1, 0.15) is 122 Å². The number of rotatable bonds is 22. The Morgan fingerprint density at radius 3 is 1.04 bits per heavy atom. The number of hydrogen-bond donors (Lipinski definition) is 2. The quantitative estimate of drug-likeness (QED) is 0.0386. The first kappa shape index (κ1) is 53.4. The van der Waals surface area contributed by atoms with Gasteiger partial charge in [-0.25, -0.2) is 0 Å². The number of aromatic hydroxyl groups is 2. The summed E-state index contributed by atoms with van der Waals surface area (Å²) in [6.07, 6.45) is 14.3. The number of phenolic OH excluding ortho intramolecular Hbond substituents is 2. The number of phenols is 2. The minimum absolute atomic E-state index is 0.110. The SMILES string of the molecule is O=[N+]([O-])c1ccc2c(c1)c1ccccc1n2CCCCCCCCOc1c2cccc1Cc1cccc(c1O)Cc1cccc(c1OCCCCCCCCn1c3ccccc3c3cc([N+](=O)[O-])ccc31)Cc1cccc(c1O)C2. The molecule has 1 aliphatic rings. The first-order valence-electron chi connectivity index (χ1n) is 28.6. The summed E-state index contributed by atoms with van der Waals surface area (Å²) in [6.45, 7) is 2.80. The predicted molar refractivity (Wildman–Crippen MR) is 319 cm³/mol. The first-order valence-corrected chi connectivity index (χ1v) is 28.6. The molecule has 11 rings (SSSR count). The molecule has 12 heteroatoms. The summed E-state index contributed by atoms with van der Waals surface area (Å²) in [5.41, 5.74) is 11.7. The number of ether oxygens (including phenoxy) is 2. The molecule has 0 spiro atoms. The smallest absolute Gasteiger partial charge is 0.270 e. The van der Waals surface area contributed by atoms with E-state index in [1.807, 2.05) is 97.1 Å². The fraction of sp³-hybridized carbons (Fsp3) is 0.294. The standard InChI is InChI=1S/C68H68N4O8/c73-65-47-21-17-23-49(65)43-53-27-20-28-54(68(53)80-40-16-8-4-2-6-14-38-70-62-32-12-10-30-58(62)60-46-56(72(77)78)34-36-64(60)70)44-50-24-18-22-48(66(50)74)42-52-26-19-25-51(41-47)67(52)79-39-15-7-3-1-5-13-37-69-61-31-11-9-29-57(61)59-45-55(71(75)76)33-35-63(59)69/h9-12,17-36,45-46,73-74H,1-8,13-16,37-44H2. The third kappa shape index (κ3) is 11.6. The van der Waals surface area contributed by atoms with E-state index in [2.05, 4.69) is 45.5 Å². The van der Waals surface area contributed by atoms with Crippen LogP contribution in [0.15, 0.2) is 158 Å². The van der Waals surface area contributed by atoms with Crippen LogP contribution in [0.25, 0.3) is 43.6 Å². The Morgan fingerprint density at radius 1 is 0.362 bits per heavy atom. The maximum Gasteiger partial charge on any atom is 0.270 e. The highest BCUT2D eigenvalue weighted by Crippen LogP contribution is 2.39. The van der Waals surface area contributed by atoms with Gasteiger partial charge in [-0.15, -0.1) is 0 Å². The van der Waals surface area contributed by atoms with Gasteiger partial charge in [0.1, 0.15) is 23.0 Å². The maximum absolute atomic E-state index is 12.0. The second-order valence-corrected chi connectivity index (χ2v) is 21.6. The molecule has 0 radical (unpaired) electrons. The van der Waals surface area contributed by atoms with Crippen LogP contribution < -0.4 is 9.47 Å². The van der Waals surface area contributed by atoms with Crippen LogP contribution >= 0.6 is 0 Å². The van der Waals surface area contributed by atoms with E-state index in [4.69, 9.17) is 9.47 Å². The molecule has 0 atom stereocenters. The topological polar surface area (TPSA) is 155 Å². The van der Waals surface area contributed by atoms with Crippen LogP contribution in [0.3, 0.4) is 0 Å². The van der Waals surface area contributed by atoms with Gasteiger partial charge in [0.2, 0.25) is 0 Å². The summed E-state index contributed by atoms with van der Waals surface area (Å²) >= 11 is 0. The molecule has 0 amide bonds. The van der Waals surface area contributed by atoms with Crippen molar-refractivity contribution in [3.8, 4) is 23.0 Å².